The van der Waals surface area contributed by atoms with Gasteiger partial charge in [-0.1, -0.05) is 19.1 Å². The summed E-state index contributed by atoms with van der Waals surface area (Å²) in [7, 11) is 0. The SMILES string of the molecule is CSN(SC)C(=O)c1ccc(C(O)C(C)CC(=O)O)cc1. The van der Waals surface area contributed by atoms with Crippen molar-refractivity contribution < 1.29 is 19.8 Å². The Morgan fingerprint density at radius 1 is 1.19 bits per heavy atom. The van der Waals surface area contributed by atoms with E-state index < -0.39 is 18.0 Å². The molecule has 2 unspecified atom stereocenters. The van der Waals surface area contributed by atoms with Crippen LogP contribution < -0.4 is 0 Å². The van der Waals surface area contributed by atoms with Crippen molar-refractivity contribution in [1.82, 2.24) is 3.71 Å². The zero-order valence-corrected chi connectivity index (χ0v) is 13.8. The summed E-state index contributed by atoms with van der Waals surface area (Å²) in [5, 5.41) is 18.8. The van der Waals surface area contributed by atoms with Gasteiger partial charge in [-0.25, -0.2) is 3.71 Å². The summed E-state index contributed by atoms with van der Waals surface area (Å²) in [6, 6.07) is 6.62. The fraction of sp³-hybridized carbons (Fsp3) is 0.429. The van der Waals surface area contributed by atoms with Gasteiger partial charge in [-0.3, -0.25) is 9.59 Å². The highest BCUT2D eigenvalue weighted by atomic mass is 32.2. The Kier molecular flexibility index (Phi) is 7.07. The number of carboxylic acid groups (broad SMARTS) is 1. The van der Waals surface area contributed by atoms with Crippen molar-refractivity contribution in [3.63, 3.8) is 0 Å². The maximum Gasteiger partial charge on any atom is 0.303 e. The molecule has 21 heavy (non-hydrogen) atoms. The molecule has 2 atom stereocenters. The van der Waals surface area contributed by atoms with Gasteiger partial charge in [0, 0.05) is 18.1 Å². The zero-order chi connectivity index (χ0) is 16.0. The lowest BCUT2D eigenvalue weighted by atomic mass is 9.94. The Bertz CT molecular complexity index is 488. The predicted octanol–water partition coefficient (Wildman–Crippen LogP) is 2.83. The van der Waals surface area contributed by atoms with Crippen molar-refractivity contribution in [2.45, 2.75) is 19.4 Å². The number of aliphatic carboxylic acids is 1. The molecule has 0 heterocycles. The van der Waals surface area contributed by atoms with Crippen molar-refractivity contribution in [2.24, 2.45) is 5.92 Å². The number of amides is 1. The minimum Gasteiger partial charge on any atom is -0.481 e. The number of aliphatic hydroxyl groups is 1. The largest absolute Gasteiger partial charge is 0.481 e. The summed E-state index contributed by atoms with van der Waals surface area (Å²) in [5.74, 6) is -1.45. The maximum absolute atomic E-state index is 12.1. The molecule has 1 aromatic carbocycles. The molecule has 0 bridgehead atoms. The van der Waals surface area contributed by atoms with Gasteiger partial charge in [-0.15, -0.1) is 0 Å². The van der Waals surface area contributed by atoms with Gasteiger partial charge in [0.05, 0.1) is 12.5 Å². The fourth-order valence-corrected chi connectivity index (χ4v) is 3.02. The third-order valence-corrected chi connectivity index (χ3v) is 4.92. The number of hydrogen-bond acceptors (Lipinski definition) is 5. The standard InChI is InChI=1S/C14H19NO4S2/c1-9(8-12(16)17)13(18)10-4-6-11(7-5-10)14(19)15(20-2)21-3/h4-7,9,13,18H,8H2,1-3H3,(H,16,17). The molecule has 0 aliphatic rings. The first kappa shape index (κ1) is 17.9. The smallest absolute Gasteiger partial charge is 0.303 e. The van der Waals surface area contributed by atoms with Crippen molar-refractivity contribution in [3.8, 4) is 0 Å². The van der Waals surface area contributed by atoms with Crippen LogP contribution in [0.3, 0.4) is 0 Å². The van der Waals surface area contributed by atoms with Crippen molar-refractivity contribution in [2.75, 3.05) is 12.5 Å². The Morgan fingerprint density at radius 2 is 1.71 bits per heavy atom. The number of aliphatic hydroxyl groups excluding tert-OH is 1. The van der Waals surface area contributed by atoms with E-state index in [1.54, 1.807) is 34.9 Å². The molecule has 0 saturated carbocycles. The molecular weight excluding hydrogens is 310 g/mol. The molecular formula is C14H19NO4S2. The van der Waals surface area contributed by atoms with E-state index in [0.717, 1.165) is 0 Å². The monoisotopic (exact) mass is 329 g/mol. The average molecular weight is 329 g/mol. The third kappa shape index (κ3) is 4.94. The highest BCUT2D eigenvalue weighted by molar-refractivity contribution is 8.12. The number of carboxylic acids is 1. The van der Waals surface area contributed by atoms with E-state index in [1.165, 1.54) is 23.9 Å². The number of nitrogens with zero attached hydrogens (tertiary/aromatic N) is 1. The first-order valence-corrected chi connectivity index (χ1v) is 8.69. The van der Waals surface area contributed by atoms with Gasteiger partial charge in [0.1, 0.15) is 0 Å². The lowest BCUT2D eigenvalue weighted by molar-refractivity contribution is -0.139. The molecule has 0 fully saturated rings. The molecule has 0 radical (unpaired) electrons. The summed E-state index contributed by atoms with van der Waals surface area (Å²) in [6.07, 6.45) is 2.68. The van der Waals surface area contributed by atoms with Crippen LogP contribution in [0.15, 0.2) is 24.3 Å². The molecule has 7 heteroatoms. The molecule has 0 spiro atoms. The minimum atomic E-state index is -0.941. The van der Waals surface area contributed by atoms with Crippen LogP contribution in [-0.4, -0.2) is 38.3 Å². The third-order valence-electron chi connectivity index (χ3n) is 3.03. The van der Waals surface area contributed by atoms with Crippen LogP contribution in [0.25, 0.3) is 0 Å². The summed E-state index contributed by atoms with van der Waals surface area (Å²) in [6.45, 7) is 1.68. The molecule has 1 rings (SSSR count). The number of benzene rings is 1. The Labute approximate surface area is 133 Å². The van der Waals surface area contributed by atoms with Gasteiger partial charge in [0.2, 0.25) is 0 Å². The topological polar surface area (TPSA) is 77.8 Å². The van der Waals surface area contributed by atoms with E-state index in [0.29, 0.717) is 11.1 Å². The molecule has 0 aliphatic heterocycles. The Morgan fingerprint density at radius 3 is 2.14 bits per heavy atom. The van der Waals surface area contributed by atoms with Gasteiger partial charge < -0.3 is 10.2 Å². The molecule has 0 aliphatic carbocycles. The molecule has 1 amide bonds. The summed E-state index contributed by atoms with van der Waals surface area (Å²) >= 11 is 2.65. The van der Waals surface area contributed by atoms with Crippen LogP contribution in [0.4, 0.5) is 0 Å². The Hall–Kier alpha value is -1.18. The zero-order valence-electron chi connectivity index (χ0n) is 12.1. The highest BCUT2D eigenvalue weighted by Gasteiger charge is 2.20. The van der Waals surface area contributed by atoms with Crippen LogP contribution in [0, 0.1) is 5.92 Å². The number of carbonyl (C=O) groups excluding carboxylic acids is 1. The van der Waals surface area contributed by atoms with E-state index >= 15 is 0 Å². The summed E-state index contributed by atoms with van der Waals surface area (Å²) in [5.41, 5.74) is 1.14. The minimum absolute atomic E-state index is 0.103. The van der Waals surface area contributed by atoms with Crippen molar-refractivity contribution in [3.05, 3.63) is 35.4 Å². The Balaban J connectivity index is 2.82. The molecule has 5 nitrogen and oxygen atoms in total. The lowest BCUT2D eigenvalue weighted by Crippen LogP contribution is -2.17. The fourth-order valence-electron chi connectivity index (χ4n) is 1.88. The first-order chi connectivity index (χ1) is 9.90. The molecule has 116 valence electrons. The van der Waals surface area contributed by atoms with Crippen molar-refractivity contribution >= 4 is 35.8 Å². The van der Waals surface area contributed by atoms with E-state index in [2.05, 4.69) is 0 Å². The number of rotatable bonds is 7. The lowest BCUT2D eigenvalue weighted by Gasteiger charge is -2.19. The number of carbonyl (C=O) groups is 2. The highest BCUT2D eigenvalue weighted by Crippen LogP contribution is 2.26. The van der Waals surface area contributed by atoms with Crippen LogP contribution in [-0.2, 0) is 4.79 Å². The van der Waals surface area contributed by atoms with Gasteiger partial charge in [-0.2, -0.15) is 0 Å². The quantitative estimate of drug-likeness (QED) is 0.749. The first-order valence-electron chi connectivity index (χ1n) is 6.33. The summed E-state index contributed by atoms with van der Waals surface area (Å²) < 4.78 is 1.55. The van der Waals surface area contributed by atoms with Crippen LogP contribution in [0.1, 0.15) is 35.4 Å². The van der Waals surface area contributed by atoms with Gasteiger partial charge >= 0.3 is 5.97 Å². The van der Waals surface area contributed by atoms with E-state index in [1.807, 2.05) is 12.5 Å². The van der Waals surface area contributed by atoms with E-state index in [-0.39, 0.29) is 12.3 Å². The maximum atomic E-state index is 12.1. The van der Waals surface area contributed by atoms with Crippen LogP contribution in [0.2, 0.25) is 0 Å². The predicted molar refractivity (Wildman–Crippen MR) is 86.0 cm³/mol. The molecule has 1 aromatic rings. The summed E-state index contributed by atoms with van der Waals surface area (Å²) in [4.78, 5) is 22.8. The second-order valence-electron chi connectivity index (χ2n) is 4.57. The second-order valence-corrected chi connectivity index (χ2v) is 6.26. The number of hydrogen-bond donors (Lipinski definition) is 2. The van der Waals surface area contributed by atoms with E-state index in [4.69, 9.17) is 5.11 Å². The second kappa shape index (κ2) is 8.31. The molecule has 2 N–H and O–H groups in total. The van der Waals surface area contributed by atoms with Crippen LogP contribution >= 0.6 is 23.9 Å². The van der Waals surface area contributed by atoms with E-state index in [9.17, 15) is 14.7 Å². The average Bonchev–Trinajstić information content (AvgIpc) is 2.47. The van der Waals surface area contributed by atoms with Gasteiger partial charge in [0.25, 0.3) is 5.91 Å². The molecule has 0 aromatic heterocycles. The normalized spacial score (nSPS) is 13.5. The van der Waals surface area contributed by atoms with Gasteiger partial charge in [0.15, 0.2) is 0 Å². The van der Waals surface area contributed by atoms with Crippen LogP contribution in [0.5, 0.6) is 0 Å². The van der Waals surface area contributed by atoms with Crippen molar-refractivity contribution in [1.29, 1.82) is 0 Å². The molecule has 0 saturated heterocycles. The van der Waals surface area contributed by atoms with Gasteiger partial charge in [-0.05, 0) is 47.5 Å².